The molecule has 0 saturated carbocycles. The smallest absolute Gasteiger partial charge is 0.0689 e. The van der Waals surface area contributed by atoms with Crippen molar-refractivity contribution in [2.75, 3.05) is 20.6 Å². The predicted molar refractivity (Wildman–Crippen MR) is 59.4 cm³/mol. The molecule has 2 N–H and O–H groups in total. The Hall–Kier alpha value is -0.120. The highest BCUT2D eigenvalue weighted by molar-refractivity contribution is 4.93. The molecular weight excluding hydrogens is 176 g/mol. The SMILES string of the molecule is CNCCC1(O)CC(C)N(C)C(C)C1. The van der Waals surface area contributed by atoms with Gasteiger partial charge in [-0.1, -0.05) is 0 Å². The van der Waals surface area contributed by atoms with Gasteiger partial charge < -0.3 is 15.3 Å². The Kier molecular flexibility index (Phi) is 3.93. The van der Waals surface area contributed by atoms with E-state index < -0.39 is 5.60 Å². The standard InChI is InChI=1S/C11H24N2O/c1-9-7-11(14,5-6-12-3)8-10(2)13(9)4/h9-10,12,14H,5-8H2,1-4H3. The second-order valence-electron chi connectivity index (χ2n) is 4.85. The number of rotatable bonds is 3. The lowest BCUT2D eigenvalue weighted by Crippen LogP contribution is -2.52. The zero-order chi connectivity index (χ0) is 10.8. The quantitative estimate of drug-likeness (QED) is 0.708. The van der Waals surface area contributed by atoms with Gasteiger partial charge in [0.1, 0.15) is 0 Å². The monoisotopic (exact) mass is 200 g/mol. The van der Waals surface area contributed by atoms with Crippen LogP contribution in [0.4, 0.5) is 0 Å². The molecule has 14 heavy (non-hydrogen) atoms. The average molecular weight is 200 g/mol. The van der Waals surface area contributed by atoms with Crippen LogP contribution in [0.1, 0.15) is 33.1 Å². The number of nitrogens with one attached hydrogen (secondary N) is 1. The molecule has 0 bridgehead atoms. The second kappa shape index (κ2) is 4.60. The molecule has 2 atom stereocenters. The number of piperidine rings is 1. The highest BCUT2D eigenvalue weighted by Crippen LogP contribution is 2.32. The van der Waals surface area contributed by atoms with Gasteiger partial charge in [-0.25, -0.2) is 0 Å². The zero-order valence-corrected chi connectivity index (χ0v) is 9.88. The molecule has 0 aromatic carbocycles. The van der Waals surface area contributed by atoms with Crippen molar-refractivity contribution in [2.24, 2.45) is 0 Å². The van der Waals surface area contributed by atoms with Crippen LogP contribution in [-0.4, -0.2) is 48.3 Å². The third-order valence-corrected chi connectivity index (χ3v) is 3.58. The van der Waals surface area contributed by atoms with Gasteiger partial charge in [0, 0.05) is 12.1 Å². The Morgan fingerprint density at radius 2 is 1.86 bits per heavy atom. The van der Waals surface area contributed by atoms with E-state index in [1.54, 1.807) is 0 Å². The van der Waals surface area contributed by atoms with Gasteiger partial charge in [-0.05, 0) is 53.8 Å². The molecule has 0 radical (unpaired) electrons. The Balaban J connectivity index is 2.54. The fraction of sp³-hybridized carbons (Fsp3) is 1.00. The molecule has 0 spiro atoms. The highest BCUT2D eigenvalue weighted by atomic mass is 16.3. The van der Waals surface area contributed by atoms with Gasteiger partial charge in [0.05, 0.1) is 5.60 Å². The van der Waals surface area contributed by atoms with E-state index in [0.29, 0.717) is 12.1 Å². The average Bonchev–Trinajstić information content (AvgIpc) is 2.11. The largest absolute Gasteiger partial charge is 0.390 e. The number of nitrogens with zero attached hydrogens (tertiary/aromatic N) is 1. The van der Waals surface area contributed by atoms with E-state index in [2.05, 4.69) is 31.1 Å². The topological polar surface area (TPSA) is 35.5 Å². The molecule has 1 rings (SSSR count). The van der Waals surface area contributed by atoms with E-state index >= 15 is 0 Å². The van der Waals surface area contributed by atoms with Gasteiger partial charge in [-0.2, -0.15) is 0 Å². The fourth-order valence-corrected chi connectivity index (χ4v) is 2.47. The molecule has 1 aliphatic rings. The fourth-order valence-electron chi connectivity index (χ4n) is 2.47. The van der Waals surface area contributed by atoms with Crippen LogP contribution in [0.5, 0.6) is 0 Å². The summed E-state index contributed by atoms with van der Waals surface area (Å²) in [5.41, 5.74) is -0.450. The van der Waals surface area contributed by atoms with Crippen LogP contribution >= 0.6 is 0 Å². The molecule has 0 amide bonds. The number of hydrogen-bond donors (Lipinski definition) is 2. The maximum atomic E-state index is 10.4. The molecule has 0 aromatic heterocycles. The van der Waals surface area contributed by atoms with E-state index in [9.17, 15) is 5.11 Å². The van der Waals surface area contributed by atoms with Crippen molar-refractivity contribution in [1.82, 2.24) is 10.2 Å². The van der Waals surface area contributed by atoms with Crippen LogP contribution in [0.3, 0.4) is 0 Å². The lowest BCUT2D eigenvalue weighted by atomic mass is 9.81. The maximum Gasteiger partial charge on any atom is 0.0689 e. The molecular formula is C11H24N2O. The molecule has 0 aromatic rings. The van der Waals surface area contributed by atoms with Gasteiger partial charge in [0.25, 0.3) is 0 Å². The first-order valence-corrected chi connectivity index (χ1v) is 5.57. The summed E-state index contributed by atoms with van der Waals surface area (Å²) < 4.78 is 0. The Morgan fingerprint density at radius 3 is 2.29 bits per heavy atom. The molecule has 0 aliphatic carbocycles. The second-order valence-corrected chi connectivity index (χ2v) is 4.85. The van der Waals surface area contributed by atoms with Gasteiger partial charge in [-0.3, -0.25) is 0 Å². The number of hydrogen-bond acceptors (Lipinski definition) is 3. The van der Waals surface area contributed by atoms with E-state index in [1.807, 2.05) is 7.05 Å². The first-order chi connectivity index (χ1) is 6.48. The van der Waals surface area contributed by atoms with E-state index in [0.717, 1.165) is 25.8 Å². The van der Waals surface area contributed by atoms with Crippen LogP contribution < -0.4 is 5.32 Å². The molecule has 84 valence electrons. The van der Waals surface area contributed by atoms with Crippen molar-refractivity contribution in [3.05, 3.63) is 0 Å². The predicted octanol–water partition coefficient (Wildman–Crippen LogP) is 0.830. The lowest BCUT2D eigenvalue weighted by Gasteiger charge is -2.45. The van der Waals surface area contributed by atoms with E-state index in [1.165, 1.54) is 0 Å². The number of likely N-dealkylation sites (tertiary alicyclic amines) is 1. The maximum absolute atomic E-state index is 10.4. The molecule has 1 heterocycles. The minimum Gasteiger partial charge on any atom is -0.390 e. The summed E-state index contributed by atoms with van der Waals surface area (Å²) in [6.45, 7) is 5.29. The third-order valence-electron chi connectivity index (χ3n) is 3.58. The Labute approximate surface area is 87.5 Å². The van der Waals surface area contributed by atoms with Crippen molar-refractivity contribution in [3.63, 3.8) is 0 Å². The number of aliphatic hydroxyl groups is 1. The minimum absolute atomic E-state index is 0.450. The normalized spacial score (nSPS) is 40.1. The summed E-state index contributed by atoms with van der Waals surface area (Å²) in [6, 6.07) is 0.973. The highest BCUT2D eigenvalue weighted by Gasteiger charge is 2.38. The van der Waals surface area contributed by atoms with Gasteiger partial charge >= 0.3 is 0 Å². The lowest BCUT2D eigenvalue weighted by molar-refractivity contribution is -0.0623. The minimum atomic E-state index is -0.450. The van der Waals surface area contributed by atoms with Crippen LogP contribution in [0, 0.1) is 0 Å². The zero-order valence-electron chi connectivity index (χ0n) is 9.88. The van der Waals surface area contributed by atoms with Gasteiger partial charge in [0.2, 0.25) is 0 Å². The summed E-state index contributed by atoms with van der Waals surface area (Å²) in [4.78, 5) is 2.36. The molecule has 1 saturated heterocycles. The summed E-state index contributed by atoms with van der Waals surface area (Å²) in [7, 11) is 4.08. The molecule has 2 unspecified atom stereocenters. The van der Waals surface area contributed by atoms with Crippen LogP contribution in [0.25, 0.3) is 0 Å². The van der Waals surface area contributed by atoms with Gasteiger partial charge in [-0.15, -0.1) is 0 Å². The summed E-state index contributed by atoms with van der Waals surface area (Å²) in [5.74, 6) is 0. The Bertz CT molecular complexity index is 172. The van der Waals surface area contributed by atoms with Crippen molar-refractivity contribution in [3.8, 4) is 0 Å². The van der Waals surface area contributed by atoms with Crippen molar-refractivity contribution < 1.29 is 5.11 Å². The van der Waals surface area contributed by atoms with Crippen LogP contribution in [-0.2, 0) is 0 Å². The first-order valence-electron chi connectivity index (χ1n) is 5.57. The van der Waals surface area contributed by atoms with Gasteiger partial charge in [0.15, 0.2) is 0 Å². The van der Waals surface area contributed by atoms with Crippen molar-refractivity contribution >= 4 is 0 Å². The third kappa shape index (κ3) is 2.69. The molecule has 3 nitrogen and oxygen atoms in total. The molecule has 3 heteroatoms. The van der Waals surface area contributed by atoms with Crippen LogP contribution in [0.2, 0.25) is 0 Å². The Morgan fingerprint density at radius 1 is 1.36 bits per heavy atom. The van der Waals surface area contributed by atoms with E-state index in [4.69, 9.17) is 0 Å². The first kappa shape index (κ1) is 12.0. The summed E-state index contributed by atoms with van der Waals surface area (Å²) in [5, 5.41) is 13.5. The van der Waals surface area contributed by atoms with Crippen molar-refractivity contribution in [2.45, 2.75) is 50.8 Å². The molecule has 1 aliphatic heterocycles. The summed E-state index contributed by atoms with van der Waals surface area (Å²) in [6.07, 6.45) is 2.66. The summed E-state index contributed by atoms with van der Waals surface area (Å²) >= 11 is 0. The van der Waals surface area contributed by atoms with Crippen LogP contribution in [0.15, 0.2) is 0 Å². The molecule has 1 fully saturated rings. The van der Waals surface area contributed by atoms with E-state index in [-0.39, 0.29) is 0 Å². The van der Waals surface area contributed by atoms with Crippen molar-refractivity contribution in [1.29, 1.82) is 0 Å².